The van der Waals surface area contributed by atoms with Crippen LogP contribution in [0, 0.1) is 0 Å². The van der Waals surface area contributed by atoms with E-state index in [4.69, 9.17) is 0 Å². The summed E-state index contributed by atoms with van der Waals surface area (Å²) in [6, 6.07) is 75.7. The summed E-state index contributed by atoms with van der Waals surface area (Å²) in [4.78, 5) is 4.87. The highest BCUT2D eigenvalue weighted by atomic mass is 15.1. The standard InChI is InChI=1S/C55H40N2/c1-55(2)51-35-41(56(39-17-5-3-6-18-39)53-25-13-23-45-43-21-11-9-15-37(43)27-31-49(45)53)29-33-47(51)48-34-30-42(36-52(48)55)57(40-19-7-4-8-20-40)54-26-14-24-46-44-22-12-10-16-38(44)28-32-50(46)54/h3-36H,1-2H3. The van der Waals surface area contributed by atoms with E-state index in [0.29, 0.717) is 0 Å². The minimum absolute atomic E-state index is 0.245. The largest absolute Gasteiger partial charge is 0.310 e. The molecule has 0 heterocycles. The normalized spacial score (nSPS) is 12.9. The number of benzene rings is 10. The van der Waals surface area contributed by atoms with Crippen molar-refractivity contribution in [2.24, 2.45) is 0 Å². The molecule has 0 aromatic heterocycles. The lowest BCUT2D eigenvalue weighted by Crippen LogP contribution is -2.18. The SMILES string of the molecule is CC1(C)c2cc(N(c3ccccc3)c3cccc4c3ccc3ccccc34)ccc2-c2ccc(N(c3ccccc3)c3cccc4c3ccc3ccccc34)cc21. The summed E-state index contributed by atoms with van der Waals surface area (Å²) in [7, 11) is 0. The summed E-state index contributed by atoms with van der Waals surface area (Å²) in [5.41, 5.74) is 11.9. The lowest BCUT2D eigenvalue weighted by Gasteiger charge is -2.30. The lowest BCUT2D eigenvalue weighted by molar-refractivity contribution is 0.660. The molecule has 10 aromatic carbocycles. The van der Waals surface area contributed by atoms with Crippen LogP contribution in [0.5, 0.6) is 0 Å². The molecule has 0 radical (unpaired) electrons. The topological polar surface area (TPSA) is 6.48 Å². The van der Waals surface area contributed by atoms with E-state index in [1.54, 1.807) is 0 Å². The van der Waals surface area contributed by atoms with E-state index in [1.807, 2.05) is 0 Å². The smallest absolute Gasteiger partial charge is 0.0540 e. The molecule has 0 aliphatic heterocycles. The molecule has 0 fully saturated rings. The van der Waals surface area contributed by atoms with Gasteiger partial charge >= 0.3 is 0 Å². The van der Waals surface area contributed by atoms with Crippen LogP contribution in [0.1, 0.15) is 25.0 Å². The van der Waals surface area contributed by atoms with Crippen LogP contribution in [-0.2, 0) is 5.41 Å². The Morgan fingerprint density at radius 3 is 1.16 bits per heavy atom. The van der Waals surface area contributed by atoms with E-state index in [0.717, 1.165) is 22.7 Å². The second kappa shape index (κ2) is 13.0. The molecule has 2 nitrogen and oxygen atoms in total. The van der Waals surface area contributed by atoms with Crippen LogP contribution >= 0.6 is 0 Å². The maximum Gasteiger partial charge on any atom is 0.0540 e. The van der Waals surface area contributed by atoms with Gasteiger partial charge < -0.3 is 9.80 Å². The zero-order valence-electron chi connectivity index (χ0n) is 32.0. The molecule has 10 aromatic rings. The first-order valence-corrected chi connectivity index (χ1v) is 19.9. The Hall–Kier alpha value is -7.16. The first-order valence-electron chi connectivity index (χ1n) is 19.9. The average Bonchev–Trinajstić information content (AvgIpc) is 3.49. The number of hydrogen-bond donors (Lipinski definition) is 0. The second-order valence-corrected chi connectivity index (χ2v) is 15.7. The molecular weight excluding hydrogens is 689 g/mol. The maximum atomic E-state index is 2.44. The molecular formula is C55H40N2. The Balaban J connectivity index is 1.06. The summed E-state index contributed by atoms with van der Waals surface area (Å²) >= 11 is 0. The van der Waals surface area contributed by atoms with Gasteiger partial charge in [0.15, 0.2) is 0 Å². The van der Waals surface area contributed by atoms with Crippen molar-refractivity contribution in [1.29, 1.82) is 0 Å². The second-order valence-electron chi connectivity index (χ2n) is 15.7. The fraction of sp³-hybridized carbons (Fsp3) is 0.0545. The molecule has 0 unspecified atom stereocenters. The van der Waals surface area contributed by atoms with Crippen LogP contribution in [-0.4, -0.2) is 0 Å². The van der Waals surface area contributed by atoms with Gasteiger partial charge in [-0.2, -0.15) is 0 Å². The van der Waals surface area contributed by atoms with Crippen LogP contribution < -0.4 is 9.80 Å². The summed E-state index contributed by atoms with van der Waals surface area (Å²) < 4.78 is 0. The number of rotatable bonds is 6. The molecule has 0 saturated heterocycles. The van der Waals surface area contributed by atoms with E-state index in [-0.39, 0.29) is 5.41 Å². The summed E-state index contributed by atoms with van der Waals surface area (Å²) in [6.45, 7) is 4.78. The number of hydrogen-bond acceptors (Lipinski definition) is 2. The number of nitrogens with zero attached hydrogens (tertiary/aromatic N) is 2. The molecule has 0 spiro atoms. The van der Waals surface area contributed by atoms with Crippen LogP contribution in [0.25, 0.3) is 54.2 Å². The Kier molecular flexibility index (Phi) is 7.55. The van der Waals surface area contributed by atoms with Gasteiger partial charge in [0.2, 0.25) is 0 Å². The third-order valence-electron chi connectivity index (χ3n) is 12.2. The third kappa shape index (κ3) is 5.25. The molecule has 0 atom stereocenters. The van der Waals surface area contributed by atoms with Crippen molar-refractivity contribution in [3.8, 4) is 11.1 Å². The van der Waals surface area contributed by atoms with Gasteiger partial charge in [-0.15, -0.1) is 0 Å². The molecule has 2 heteroatoms. The van der Waals surface area contributed by atoms with E-state index >= 15 is 0 Å². The van der Waals surface area contributed by atoms with Crippen molar-refractivity contribution >= 4 is 77.2 Å². The predicted molar refractivity (Wildman–Crippen MR) is 243 cm³/mol. The highest BCUT2D eigenvalue weighted by Gasteiger charge is 2.37. The van der Waals surface area contributed by atoms with Gasteiger partial charge in [-0.05, 0) is 115 Å². The molecule has 0 bridgehead atoms. The number of para-hydroxylation sites is 2. The Labute approximate surface area is 333 Å². The van der Waals surface area contributed by atoms with Crippen molar-refractivity contribution in [3.63, 3.8) is 0 Å². The summed E-state index contributed by atoms with van der Waals surface area (Å²) in [5, 5.41) is 10.0. The van der Waals surface area contributed by atoms with Gasteiger partial charge in [-0.1, -0.05) is 159 Å². The maximum absolute atomic E-state index is 2.44. The quantitative estimate of drug-likeness (QED) is 0.157. The molecule has 0 saturated carbocycles. The summed E-state index contributed by atoms with van der Waals surface area (Å²) in [5.74, 6) is 0. The minimum Gasteiger partial charge on any atom is -0.310 e. The van der Waals surface area contributed by atoms with Gasteiger partial charge in [-0.3, -0.25) is 0 Å². The van der Waals surface area contributed by atoms with Crippen molar-refractivity contribution in [2.45, 2.75) is 19.3 Å². The van der Waals surface area contributed by atoms with Crippen molar-refractivity contribution < 1.29 is 0 Å². The minimum atomic E-state index is -0.245. The number of fused-ring (bicyclic) bond motifs is 9. The van der Waals surface area contributed by atoms with E-state index < -0.39 is 0 Å². The van der Waals surface area contributed by atoms with Crippen molar-refractivity contribution in [2.75, 3.05) is 9.80 Å². The van der Waals surface area contributed by atoms with E-state index in [1.165, 1.54) is 76.7 Å². The molecule has 57 heavy (non-hydrogen) atoms. The van der Waals surface area contributed by atoms with E-state index in [2.05, 4.69) is 230 Å². The van der Waals surface area contributed by atoms with Crippen molar-refractivity contribution in [1.82, 2.24) is 0 Å². The Morgan fingerprint density at radius 1 is 0.298 bits per heavy atom. The first kappa shape index (κ1) is 33.2. The highest BCUT2D eigenvalue weighted by molar-refractivity contribution is 6.14. The monoisotopic (exact) mass is 728 g/mol. The van der Waals surface area contributed by atoms with Gasteiger partial charge in [0, 0.05) is 38.9 Å². The highest BCUT2D eigenvalue weighted by Crippen LogP contribution is 2.53. The fourth-order valence-corrected chi connectivity index (χ4v) is 9.44. The first-order chi connectivity index (χ1) is 28.0. The van der Waals surface area contributed by atoms with Crippen molar-refractivity contribution in [3.05, 3.63) is 217 Å². The van der Waals surface area contributed by atoms with E-state index in [9.17, 15) is 0 Å². The zero-order chi connectivity index (χ0) is 38.1. The lowest BCUT2D eigenvalue weighted by atomic mass is 9.82. The fourth-order valence-electron chi connectivity index (χ4n) is 9.44. The molecule has 0 amide bonds. The molecule has 0 N–H and O–H groups in total. The molecule has 1 aliphatic rings. The molecule has 1 aliphatic carbocycles. The molecule has 11 rings (SSSR count). The van der Waals surface area contributed by atoms with Crippen LogP contribution in [0.15, 0.2) is 206 Å². The van der Waals surface area contributed by atoms with Gasteiger partial charge in [0.1, 0.15) is 0 Å². The van der Waals surface area contributed by atoms with Gasteiger partial charge in [0.05, 0.1) is 11.4 Å². The average molecular weight is 729 g/mol. The van der Waals surface area contributed by atoms with Crippen LogP contribution in [0.3, 0.4) is 0 Å². The summed E-state index contributed by atoms with van der Waals surface area (Å²) in [6.07, 6.45) is 0. The molecule has 270 valence electrons. The third-order valence-corrected chi connectivity index (χ3v) is 12.2. The Morgan fingerprint density at radius 2 is 0.702 bits per heavy atom. The number of anilines is 6. The van der Waals surface area contributed by atoms with Gasteiger partial charge in [-0.25, -0.2) is 0 Å². The van der Waals surface area contributed by atoms with Crippen LogP contribution in [0.4, 0.5) is 34.1 Å². The predicted octanol–water partition coefficient (Wildman–Crippen LogP) is 15.5. The van der Waals surface area contributed by atoms with Gasteiger partial charge in [0.25, 0.3) is 0 Å². The zero-order valence-corrected chi connectivity index (χ0v) is 32.0. The Bertz CT molecular complexity index is 2950. The van der Waals surface area contributed by atoms with Crippen LogP contribution in [0.2, 0.25) is 0 Å².